The van der Waals surface area contributed by atoms with Gasteiger partial charge in [0.2, 0.25) is 5.91 Å². The van der Waals surface area contributed by atoms with Gasteiger partial charge in [-0.1, -0.05) is 26.0 Å². The minimum Gasteiger partial charge on any atom is -0.330 e. The maximum Gasteiger partial charge on any atom is 0.332 e. The predicted octanol–water partition coefficient (Wildman–Crippen LogP) is 2.22. The van der Waals surface area contributed by atoms with E-state index in [2.05, 4.69) is 33.7 Å². The summed E-state index contributed by atoms with van der Waals surface area (Å²) in [6.45, 7) is 5.35. The van der Waals surface area contributed by atoms with Crippen molar-refractivity contribution in [2.45, 2.75) is 45.7 Å². The van der Waals surface area contributed by atoms with Gasteiger partial charge in [0.1, 0.15) is 5.82 Å². The maximum atomic E-state index is 12.5. The van der Waals surface area contributed by atoms with Crippen molar-refractivity contribution in [3.8, 4) is 0 Å². The number of carbonyl (C=O) groups is 1. The Labute approximate surface area is 196 Å². The Bertz CT molecular complexity index is 1460. The van der Waals surface area contributed by atoms with Gasteiger partial charge in [-0.2, -0.15) is 0 Å². The lowest BCUT2D eigenvalue weighted by molar-refractivity contribution is -0.116. The third-order valence-electron chi connectivity index (χ3n) is 5.85. The molecule has 0 spiro atoms. The molecule has 0 saturated carbocycles. The van der Waals surface area contributed by atoms with Crippen molar-refractivity contribution in [2.75, 3.05) is 5.32 Å². The van der Waals surface area contributed by atoms with Crippen LogP contribution in [0.5, 0.6) is 0 Å². The summed E-state index contributed by atoms with van der Waals surface area (Å²) in [7, 11) is 3.03. The van der Waals surface area contributed by atoms with E-state index < -0.39 is 11.2 Å². The second kappa shape index (κ2) is 9.50. The van der Waals surface area contributed by atoms with Gasteiger partial charge >= 0.3 is 5.69 Å². The van der Waals surface area contributed by atoms with Crippen molar-refractivity contribution >= 4 is 22.8 Å². The van der Waals surface area contributed by atoms with Crippen LogP contribution in [0.4, 0.5) is 5.69 Å². The van der Waals surface area contributed by atoms with Crippen LogP contribution in [0, 0.1) is 0 Å². The number of hydrogen-bond acceptors (Lipinski definition) is 5. The second-order valence-corrected chi connectivity index (χ2v) is 8.74. The summed E-state index contributed by atoms with van der Waals surface area (Å²) in [6.07, 6.45) is 6.12. The molecule has 0 unspecified atom stereocenters. The minimum atomic E-state index is -0.419. The van der Waals surface area contributed by atoms with E-state index in [-0.39, 0.29) is 12.3 Å². The lowest BCUT2D eigenvalue weighted by Gasteiger charge is -2.12. The molecule has 10 nitrogen and oxygen atoms in total. The van der Waals surface area contributed by atoms with Crippen LogP contribution in [0.15, 0.2) is 52.6 Å². The van der Waals surface area contributed by atoms with Crippen LogP contribution in [0.25, 0.3) is 11.2 Å². The molecule has 0 fully saturated rings. The number of aryl methyl sites for hydroxylation is 2. The van der Waals surface area contributed by atoms with Gasteiger partial charge in [-0.3, -0.25) is 18.7 Å². The Hall–Kier alpha value is -3.95. The molecule has 0 aliphatic heterocycles. The largest absolute Gasteiger partial charge is 0.332 e. The molecular formula is C24H29N7O3. The zero-order chi connectivity index (χ0) is 24.4. The molecule has 178 valence electrons. The molecule has 1 amide bonds. The average molecular weight is 464 g/mol. The van der Waals surface area contributed by atoms with Gasteiger partial charge in [0, 0.05) is 57.6 Å². The van der Waals surface area contributed by atoms with E-state index in [0.717, 1.165) is 21.6 Å². The SMILES string of the molecule is CC(C)c1nccn1Cc1cccc(NC(=O)CCCn2cnc3c2c(=O)n(C)c(=O)n3C)c1. The molecule has 0 radical (unpaired) electrons. The van der Waals surface area contributed by atoms with Crippen LogP contribution in [-0.4, -0.2) is 34.1 Å². The fraction of sp³-hybridized carbons (Fsp3) is 0.375. The van der Waals surface area contributed by atoms with E-state index in [1.54, 1.807) is 17.8 Å². The van der Waals surface area contributed by atoms with Gasteiger partial charge in [0.15, 0.2) is 11.2 Å². The number of benzene rings is 1. The normalized spacial score (nSPS) is 11.4. The Morgan fingerprint density at radius 2 is 1.88 bits per heavy atom. The van der Waals surface area contributed by atoms with Crippen LogP contribution >= 0.6 is 0 Å². The van der Waals surface area contributed by atoms with Crippen molar-refractivity contribution in [1.82, 2.24) is 28.2 Å². The quantitative estimate of drug-likeness (QED) is 0.431. The molecule has 3 aromatic heterocycles. The predicted molar refractivity (Wildman–Crippen MR) is 130 cm³/mol. The highest BCUT2D eigenvalue weighted by atomic mass is 16.2. The Balaban J connectivity index is 1.38. The number of rotatable bonds is 8. The standard InChI is InChI=1S/C24H29N7O3/c1-16(2)21-25-10-12-30(21)14-17-7-5-8-18(13-17)27-19(32)9-6-11-31-15-26-22-20(31)23(33)29(4)24(34)28(22)3/h5,7-8,10,12-13,15-16H,6,9,11,14H2,1-4H3,(H,27,32). The highest BCUT2D eigenvalue weighted by Crippen LogP contribution is 2.17. The first kappa shape index (κ1) is 23.2. The summed E-state index contributed by atoms with van der Waals surface area (Å²) in [6, 6.07) is 7.79. The van der Waals surface area contributed by atoms with Gasteiger partial charge in [-0.05, 0) is 24.1 Å². The van der Waals surface area contributed by atoms with Crippen LogP contribution < -0.4 is 16.6 Å². The van der Waals surface area contributed by atoms with Crippen LogP contribution in [0.3, 0.4) is 0 Å². The van der Waals surface area contributed by atoms with Gasteiger partial charge in [-0.25, -0.2) is 14.8 Å². The van der Waals surface area contributed by atoms with E-state index >= 15 is 0 Å². The Morgan fingerprint density at radius 1 is 1.09 bits per heavy atom. The first-order valence-corrected chi connectivity index (χ1v) is 11.3. The molecule has 4 aromatic rings. The third kappa shape index (κ3) is 4.57. The lowest BCUT2D eigenvalue weighted by Crippen LogP contribution is -2.37. The summed E-state index contributed by atoms with van der Waals surface area (Å²) in [4.78, 5) is 45.8. The third-order valence-corrected chi connectivity index (χ3v) is 5.85. The van der Waals surface area contributed by atoms with Crippen LogP contribution in [0.2, 0.25) is 0 Å². The molecular weight excluding hydrogens is 434 g/mol. The summed E-state index contributed by atoms with van der Waals surface area (Å²) in [5.74, 6) is 1.25. The number of amides is 1. The maximum absolute atomic E-state index is 12.5. The highest BCUT2D eigenvalue weighted by molar-refractivity contribution is 5.90. The number of aromatic nitrogens is 6. The summed E-state index contributed by atoms with van der Waals surface area (Å²) in [5.41, 5.74) is 1.70. The lowest BCUT2D eigenvalue weighted by atomic mass is 10.1. The van der Waals surface area contributed by atoms with Crippen molar-refractivity contribution < 1.29 is 4.79 Å². The van der Waals surface area contributed by atoms with Gasteiger partial charge in [0.05, 0.1) is 6.33 Å². The molecule has 34 heavy (non-hydrogen) atoms. The number of nitrogens with zero attached hydrogens (tertiary/aromatic N) is 6. The Morgan fingerprint density at radius 3 is 2.65 bits per heavy atom. The topological polar surface area (TPSA) is 109 Å². The minimum absolute atomic E-state index is 0.104. The van der Waals surface area contributed by atoms with E-state index in [4.69, 9.17) is 0 Å². The second-order valence-electron chi connectivity index (χ2n) is 8.74. The number of fused-ring (bicyclic) bond motifs is 1. The van der Waals surface area contributed by atoms with Gasteiger partial charge < -0.3 is 14.5 Å². The molecule has 0 aliphatic carbocycles. The fourth-order valence-corrected chi connectivity index (χ4v) is 4.10. The van der Waals surface area contributed by atoms with Crippen LogP contribution in [0.1, 0.15) is 44.0 Å². The van der Waals surface area contributed by atoms with Crippen LogP contribution in [-0.2, 0) is 32.0 Å². The molecule has 0 atom stereocenters. The van der Waals surface area contributed by atoms with Crippen molar-refractivity contribution in [3.63, 3.8) is 0 Å². The first-order chi connectivity index (χ1) is 16.3. The Kier molecular flexibility index (Phi) is 6.49. The molecule has 3 heterocycles. The van der Waals surface area contributed by atoms with E-state index in [1.165, 1.54) is 17.9 Å². The number of nitrogens with one attached hydrogen (secondary N) is 1. The fourth-order valence-electron chi connectivity index (χ4n) is 4.10. The van der Waals surface area contributed by atoms with E-state index in [1.807, 2.05) is 30.5 Å². The highest BCUT2D eigenvalue weighted by Gasteiger charge is 2.14. The van der Waals surface area contributed by atoms with Gasteiger partial charge in [0.25, 0.3) is 5.56 Å². The monoisotopic (exact) mass is 463 g/mol. The smallest absolute Gasteiger partial charge is 0.330 e. The van der Waals surface area contributed by atoms with Crippen molar-refractivity contribution in [1.29, 1.82) is 0 Å². The molecule has 1 N–H and O–H groups in total. The molecule has 0 aliphatic rings. The van der Waals surface area contributed by atoms with E-state index in [9.17, 15) is 14.4 Å². The summed E-state index contributed by atoms with van der Waals surface area (Å²) in [5, 5.41) is 2.95. The molecule has 1 aromatic carbocycles. The first-order valence-electron chi connectivity index (χ1n) is 11.3. The van der Waals surface area contributed by atoms with Crippen molar-refractivity contribution in [3.05, 3.63) is 75.2 Å². The summed E-state index contributed by atoms with van der Waals surface area (Å²) < 4.78 is 6.22. The number of anilines is 1. The number of hydrogen-bond donors (Lipinski definition) is 1. The van der Waals surface area contributed by atoms with Crippen molar-refractivity contribution in [2.24, 2.45) is 14.1 Å². The molecule has 0 bridgehead atoms. The number of imidazole rings is 2. The number of carbonyl (C=O) groups excluding carboxylic acids is 1. The average Bonchev–Trinajstić information content (AvgIpc) is 3.44. The zero-order valence-corrected chi connectivity index (χ0v) is 19.9. The van der Waals surface area contributed by atoms with Gasteiger partial charge in [-0.15, -0.1) is 0 Å². The molecule has 4 rings (SSSR count). The molecule has 10 heteroatoms. The van der Waals surface area contributed by atoms with E-state index in [0.29, 0.717) is 36.6 Å². The summed E-state index contributed by atoms with van der Waals surface area (Å²) >= 11 is 0. The zero-order valence-electron chi connectivity index (χ0n) is 19.9. The molecule has 0 saturated heterocycles.